The molecule has 0 nitrogen and oxygen atoms in total. The van der Waals surface area contributed by atoms with Crippen LogP contribution in [0.3, 0.4) is 0 Å². The van der Waals surface area contributed by atoms with Gasteiger partial charge in [0.05, 0.1) is 0 Å². The molecule has 66 valence electrons. The van der Waals surface area contributed by atoms with Gasteiger partial charge in [-0.2, -0.15) is 0 Å². The zero-order valence-electron chi connectivity index (χ0n) is 8.09. The van der Waals surface area contributed by atoms with Gasteiger partial charge >= 0.3 is 0 Å². The lowest BCUT2D eigenvalue weighted by Gasteiger charge is -2.19. The van der Waals surface area contributed by atoms with E-state index in [0.717, 1.165) is 23.7 Å². The molecule has 2 aliphatic carbocycles. The topological polar surface area (TPSA) is 0 Å². The van der Waals surface area contributed by atoms with Gasteiger partial charge in [-0.15, -0.1) is 0 Å². The Labute approximate surface area is 76.1 Å². The summed E-state index contributed by atoms with van der Waals surface area (Å²) in [7, 11) is -0.720. The van der Waals surface area contributed by atoms with E-state index < -0.39 is 8.07 Å². The fourth-order valence-corrected chi connectivity index (χ4v) is 7.92. The van der Waals surface area contributed by atoms with E-state index in [1.165, 1.54) is 6.42 Å². The Hall–Kier alpha value is -0.0431. The highest BCUT2D eigenvalue weighted by molar-refractivity contribution is 6.78. The molecule has 0 aromatic rings. The molecule has 12 heavy (non-hydrogen) atoms. The Kier molecular flexibility index (Phi) is 1.27. The Balaban J connectivity index is 1.91. The second-order valence-electron chi connectivity index (χ2n) is 5.85. The molecular formula is C11H18Si. The van der Waals surface area contributed by atoms with Gasteiger partial charge in [0.1, 0.15) is 0 Å². The van der Waals surface area contributed by atoms with Crippen molar-refractivity contribution in [2.75, 3.05) is 0 Å². The maximum atomic E-state index is 2.59. The maximum Gasteiger partial charge on any atom is 0.0479 e. The van der Waals surface area contributed by atoms with E-state index in [0.29, 0.717) is 0 Å². The van der Waals surface area contributed by atoms with Gasteiger partial charge in [-0.05, 0) is 30.1 Å². The lowest BCUT2D eigenvalue weighted by atomic mass is 9.86. The monoisotopic (exact) mass is 178 g/mol. The molecule has 1 heteroatoms. The highest BCUT2D eigenvalue weighted by Crippen LogP contribution is 2.58. The second-order valence-corrected chi connectivity index (χ2v) is 11.0. The molecule has 0 N–H and O–H groups in total. The van der Waals surface area contributed by atoms with Gasteiger partial charge in [-0.3, -0.25) is 0 Å². The van der Waals surface area contributed by atoms with E-state index >= 15 is 0 Å². The van der Waals surface area contributed by atoms with Crippen molar-refractivity contribution in [1.82, 2.24) is 0 Å². The third-order valence-electron chi connectivity index (χ3n) is 4.38. The molecule has 0 radical (unpaired) electrons. The first-order valence-corrected chi connectivity index (χ1v) is 8.75. The SMILES string of the molecule is C[Si]1(C)CC2C3C=CC(C3)C2C1. The number of allylic oxidation sites excluding steroid dienone is 2. The highest BCUT2D eigenvalue weighted by Gasteiger charge is 2.52. The van der Waals surface area contributed by atoms with Crippen molar-refractivity contribution in [3.8, 4) is 0 Å². The van der Waals surface area contributed by atoms with Crippen LogP contribution in [-0.2, 0) is 0 Å². The quantitative estimate of drug-likeness (QED) is 0.395. The summed E-state index contributed by atoms with van der Waals surface area (Å²) >= 11 is 0. The molecular weight excluding hydrogens is 160 g/mol. The minimum Gasteiger partial charge on any atom is -0.0848 e. The van der Waals surface area contributed by atoms with Gasteiger partial charge in [0.2, 0.25) is 0 Å². The van der Waals surface area contributed by atoms with E-state index in [1.807, 2.05) is 0 Å². The number of fused-ring (bicyclic) bond motifs is 5. The Morgan fingerprint density at radius 3 is 2.00 bits per heavy atom. The van der Waals surface area contributed by atoms with Crippen LogP contribution in [0, 0.1) is 23.7 Å². The summed E-state index contributed by atoms with van der Waals surface area (Å²) in [5, 5.41) is 0. The minimum absolute atomic E-state index is 0.720. The summed E-state index contributed by atoms with van der Waals surface area (Å²) in [6.45, 7) is 5.18. The molecule has 1 saturated heterocycles. The first kappa shape index (κ1) is 7.37. The molecule has 1 aliphatic heterocycles. The highest BCUT2D eigenvalue weighted by atomic mass is 28.3. The standard InChI is InChI=1S/C11H18Si/c1-12(2)6-10-8-3-4-9(5-8)11(10)7-12/h3-4,8-11H,5-7H2,1-2H3. The van der Waals surface area contributed by atoms with E-state index in [-0.39, 0.29) is 0 Å². The van der Waals surface area contributed by atoms with Crippen molar-refractivity contribution in [1.29, 1.82) is 0 Å². The van der Waals surface area contributed by atoms with Crippen LogP contribution in [-0.4, -0.2) is 8.07 Å². The molecule has 4 atom stereocenters. The van der Waals surface area contributed by atoms with Crippen molar-refractivity contribution < 1.29 is 0 Å². The molecule has 2 bridgehead atoms. The average molecular weight is 178 g/mol. The van der Waals surface area contributed by atoms with Crippen molar-refractivity contribution in [2.45, 2.75) is 31.6 Å². The van der Waals surface area contributed by atoms with Crippen LogP contribution >= 0.6 is 0 Å². The largest absolute Gasteiger partial charge is 0.0848 e. The lowest BCUT2D eigenvalue weighted by Crippen LogP contribution is -2.21. The summed E-state index contributed by atoms with van der Waals surface area (Å²) in [5.41, 5.74) is 0. The van der Waals surface area contributed by atoms with Crippen molar-refractivity contribution >= 4 is 8.07 Å². The van der Waals surface area contributed by atoms with Crippen LogP contribution in [0.5, 0.6) is 0 Å². The molecule has 4 unspecified atom stereocenters. The predicted molar refractivity (Wildman–Crippen MR) is 54.8 cm³/mol. The third kappa shape index (κ3) is 0.834. The fraction of sp³-hybridized carbons (Fsp3) is 0.818. The van der Waals surface area contributed by atoms with Crippen LogP contribution in [0.15, 0.2) is 12.2 Å². The van der Waals surface area contributed by atoms with Crippen LogP contribution in [0.4, 0.5) is 0 Å². The van der Waals surface area contributed by atoms with Crippen molar-refractivity contribution in [3.63, 3.8) is 0 Å². The van der Waals surface area contributed by atoms with Crippen LogP contribution in [0.25, 0.3) is 0 Å². The first-order valence-electron chi connectivity index (χ1n) is 5.34. The summed E-state index contributed by atoms with van der Waals surface area (Å²) in [5.74, 6) is 4.27. The summed E-state index contributed by atoms with van der Waals surface area (Å²) < 4.78 is 0. The molecule has 1 saturated carbocycles. The van der Waals surface area contributed by atoms with Gasteiger partial charge in [0.25, 0.3) is 0 Å². The normalized spacial score (nSPS) is 53.2. The summed E-state index contributed by atoms with van der Waals surface area (Å²) in [4.78, 5) is 0. The predicted octanol–water partition coefficient (Wildman–Crippen LogP) is 3.15. The maximum absolute atomic E-state index is 2.59. The molecule has 0 amide bonds. The zero-order valence-corrected chi connectivity index (χ0v) is 9.09. The number of hydrogen-bond donors (Lipinski definition) is 0. The second kappa shape index (κ2) is 2.06. The molecule has 3 aliphatic rings. The summed E-state index contributed by atoms with van der Waals surface area (Å²) in [6.07, 6.45) is 6.54. The molecule has 0 aromatic heterocycles. The molecule has 2 fully saturated rings. The molecule has 0 aromatic carbocycles. The van der Waals surface area contributed by atoms with Gasteiger partial charge in [0, 0.05) is 8.07 Å². The van der Waals surface area contributed by atoms with Gasteiger partial charge in [0.15, 0.2) is 0 Å². The minimum atomic E-state index is -0.720. The van der Waals surface area contributed by atoms with Crippen molar-refractivity contribution in [2.24, 2.45) is 23.7 Å². The molecule has 1 heterocycles. The van der Waals surface area contributed by atoms with E-state index in [4.69, 9.17) is 0 Å². The van der Waals surface area contributed by atoms with Gasteiger partial charge in [-0.1, -0.05) is 37.3 Å². The zero-order chi connectivity index (χ0) is 8.34. The van der Waals surface area contributed by atoms with Crippen LogP contribution in [0.2, 0.25) is 25.2 Å². The van der Waals surface area contributed by atoms with Gasteiger partial charge in [-0.25, -0.2) is 0 Å². The van der Waals surface area contributed by atoms with E-state index in [9.17, 15) is 0 Å². The molecule has 3 rings (SSSR count). The third-order valence-corrected chi connectivity index (χ3v) is 7.53. The van der Waals surface area contributed by atoms with E-state index in [2.05, 4.69) is 25.2 Å². The average Bonchev–Trinajstić information content (AvgIpc) is 2.54. The Morgan fingerprint density at radius 1 is 1.00 bits per heavy atom. The van der Waals surface area contributed by atoms with Crippen LogP contribution < -0.4 is 0 Å². The summed E-state index contributed by atoms with van der Waals surface area (Å²) in [6, 6.07) is 3.26. The van der Waals surface area contributed by atoms with Crippen LogP contribution in [0.1, 0.15) is 6.42 Å². The number of rotatable bonds is 0. The van der Waals surface area contributed by atoms with Crippen molar-refractivity contribution in [3.05, 3.63) is 12.2 Å². The molecule has 0 spiro atoms. The smallest absolute Gasteiger partial charge is 0.0479 e. The Morgan fingerprint density at radius 2 is 1.50 bits per heavy atom. The fourth-order valence-electron chi connectivity index (χ4n) is 3.99. The van der Waals surface area contributed by atoms with Gasteiger partial charge < -0.3 is 0 Å². The first-order chi connectivity index (χ1) is 5.66. The lowest BCUT2D eigenvalue weighted by molar-refractivity contribution is 0.388. The number of hydrogen-bond acceptors (Lipinski definition) is 0. The van der Waals surface area contributed by atoms with E-state index in [1.54, 1.807) is 12.1 Å². The Bertz CT molecular complexity index is 219.